The molecule has 21 heavy (non-hydrogen) atoms. The average Bonchev–Trinajstić information content (AvgIpc) is 2.47. The van der Waals surface area contributed by atoms with E-state index in [1.54, 1.807) is 24.3 Å². The molecule has 0 aliphatic rings. The Hall–Kier alpha value is -2.59. The number of para-hydroxylation sites is 1. The third-order valence-corrected chi connectivity index (χ3v) is 2.71. The van der Waals surface area contributed by atoms with E-state index in [0.717, 1.165) is 0 Å². The lowest BCUT2D eigenvalue weighted by atomic mass is 10.2. The predicted octanol–water partition coefficient (Wildman–Crippen LogP) is 0.277. The Labute approximate surface area is 121 Å². The quantitative estimate of drug-likeness (QED) is 0.664. The van der Waals surface area contributed by atoms with Gasteiger partial charge in [0.15, 0.2) is 6.10 Å². The summed E-state index contributed by atoms with van der Waals surface area (Å²) in [5.41, 5.74) is 0.280. The fourth-order valence-electron chi connectivity index (χ4n) is 1.58. The van der Waals surface area contributed by atoms with E-state index in [4.69, 9.17) is 20.2 Å². The van der Waals surface area contributed by atoms with E-state index < -0.39 is 24.0 Å². The molecular weight excluding hydrogens is 276 g/mol. The summed E-state index contributed by atoms with van der Waals surface area (Å²) in [6.45, 7) is 1.09. The van der Waals surface area contributed by atoms with Gasteiger partial charge in [-0.25, -0.2) is 4.79 Å². The van der Waals surface area contributed by atoms with Crippen molar-refractivity contribution in [2.75, 3.05) is 6.61 Å². The normalized spacial score (nSPS) is 12.8. The van der Waals surface area contributed by atoms with Gasteiger partial charge >= 0.3 is 5.97 Å². The first-order valence-corrected chi connectivity index (χ1v) is 6.29. The van der Waals surface area contributed by atoms with E-state index in [9.17, 15) is 9.59 Å². The number of carbonyl (C=O) groups excluding carboxylic acids is 1. The predicted molar refractivity (Wildman–Crippen MR) is 72.5 cm³/mol. The number of hydrogen-bond donors (Lipinski definition) is 3. The summed E-state index contributed by atoms with van der Waals surface area (Å²) in [5, 5.41) is 28.8. The highest BCUT2D eigenvalue weighted by Crippen LogP contribution is 2.18. The number of nitrogens with one attached hydrogen (secondary N) is 1. The van der Waals surface area contributed by atoms with Crippen molar-refractivity contribution < 1.29 is 24.5 Å². The van der Waals surface area contributed by atoms with Gasteiger partial charge in [-0.15, -0.1) is 0 Å². The number of nitrogens with zero attached hydrogens (tertiary/aromatic N) is 1. The number of nitriles is 1. The lowest BCUT2D eigenvalue weighted by Gasteiger charge is -2.18. The van der Waals surface area contributed by atoms with Crippen LogP contribution in [0.3, 0.4) is 0 Å². The van der Waals surface area contributed by atoms with Gasteiger partial charge in [-0.05, 0) is 19.1 Å². The minimum absolute atomic E-state index is 0.0947. The van der Waals surface area contributed by atoms with Crippen molar-refractivity contribution in [1.82, 2.24) is 5.32 Å². The first-order valence-electron chi connectivity index (χ1n) is 6.29. The van der Waals surface area contributed by atoms with E-state index in [-0.39, 0.29) is 24.3 Å². The van der Waals surface area contributed by atoms with Crippen LogP contribution < -0.4 is 10.1 Å². The van der Waals surface area contributed by atoms with Gasteiger partial charge in [0.05, 0.1) is 5.56 Å². The van der Waals surface area contributed by atoms with Crippen molar-refractivity contribution in [3.63, 3.8) is 0 Å². The molecule has 0 aliphatic heterocycles. The number of aliphatic hydroxyl groups excluding tert-OH is 1. The number of carboxylic acid groups (broad SMARTS) is 1. The zero-order valence-corrected chi connectivity index (χ0v) is 11.4. The van der Waals surface area contributed by atoms with Crippen LogP contribution in [0.25, 0.3) is 0 Å². The van der Waals surface area contributed by atoms with Gasteiger partial charge in [0.1, 0.15) is 17.9 Å². The molecule has 7 nitrogen and oxygen atoms in total. The Morgan fingerprint density at radius 2 is 2.10 bits per heavy atom. The summed E-state index contributed by atoms with van der Waals surface area (Å²) in [5.74, 6) is -1.62. The Kier molecular flexibility index (Phi) is 6.17. The van der Waals surface area contributed by atoms with E-state index in [0.29, 0.717) is 0 Å². The van der Waals surface area contributed by atoms with Crippen LogP contribution in [0.1, 0.15) is 18.9 Å². The molecule has 112 valence electrons. The Morgan fingerprint density at radius 3 is 2.67 bits per heavy atom. The number of hydrogen-bond acceptors (Lipinski definition) is 5. The molecule has 2 atom stereocenters. The van der Waals surface area contributed by atoms with Crippen LogP contribution in [0.5, 0.6) is 5.75 Å². The molecule has 1 amide bonds. The van der Waals surface area contributed by atoms with Gasteiger partial charge in [0.2, 0.25) is 0 Å². The maximum atomic E-state index is 11.9. The van der Waals surface area contributed by atoms with Crippen molar-refractivity contribution in [2.45, 2.75) is 25.5 Å². The van der Waals surface area contributed by atoms with E-state index in [1.165, 1.54) is 6.92 Å². The Morgan fingerprint density at radius 1 is 1.43 bits per heavy atom. The van der Waals surface area contributed by atoms with Gasteiger partial charge in [0, 0.05) is 13.0 Å². The molecule has 0 bridgehead atoms. The van der Waals surface area contributed by atoms with Gasteiger partial charge in [-0.2, -0.15) is 5.26 Å². The second kappa shape index (κ2) is 7.87. The van der Waals surface area contributed by atoms with E-state index >= 15 is 0 Å². The molecule has 0 saturated heterocycles. The molecule has 1 aromatic rings. The number of benzene rings is 1. The molecule has 1 rings (SSSR count). The summed E-state index contributed by atoms with van der Waals surface area (Å²) in [7, 11) is 0. The second-order valence-electron chi connectivity index (χ2n) is 4.28. The molecule has 1 unspecified atom stereocenters. The van der Waals surface area contributed by atoms with Crippen LogP contribution >= 0.6 is 0 Å². The first-order chi connectivity index (χ1) is 9.99. The molecule has 0 saturated carbocycles. The number of amides is 1. The zero-order valence-electron chi connectivity index (χ0n) is 11.4. The van der Waals surface area contributed by atoms with Crippen LogP contribution in [0, 0.1) is 11.3 Å². The van der Waals surface area contributed by atoms with Gasteiger partial charge in [-0.1, -0.05) is 12.1 Å². The summed E-state index contributed by atoms with van der Waals surface area (Å²) >= 11 is 0. The minimum atomic E-state index is -1.23. The molecule has 0 aromatic heterocycles. The maximum absolute atomic E-state index is 11.9. The summed E-state index contributed by atoms with van der Waals surface area (Å²) in [4.78, 5) is 22.8. The number of rotatable bonds is 7. The van der Waals surface area contributed by atoms with E-state index in [2.05, 4.69) is 5.32 Å². The van der Waals surface area contributed by atoms with Crippen molar-refractivity contribution >= 4 is 11.9 Å². The average molecular weight is 292 g/mol. The molecule has 0 aliphatic carbocycles. The lowest BCUT2D eigenvalue weighted by Crippen LogP contribution is -2.46. The topological polar surface area (TPSA) is 120 Å². The number of ether oxygens (including phenoxy) is 1. The molecule has 0 spiro atoms. The molecule has 3 N–H and O–H groups in total. The highest BCUT2D eigenvalue weighted by atomic mass is 16.5. The van der Waals surface area contributed by atoms with Crippen LogP contribution in [-0.4, -0.2) is 40.8 Å². The Balaban J connectivity index is 2.70. The van der Waals surface area contributed by atoms with Gasteiger partial charge in [0.25, 0.3) is 5.91 Å². The number of aliphatic hydroxyl groups is 1. The summed E-state index contributed by atoms with van der Waals surface area (Å²) in [6, 6.07) is 7.17. The third-order valence-electron chi connectivity index (χ3n) is 2.71. The third kappa shape index (κ3) is 4.78. The summed E-state index contributed by atoms with van der Waals surface area (Å²) in [6.07, 6.45) is -1.07. The highest BCUT2D eigenvalue weighted by Gasteiger charge is 2.23. The van der Waals surface area contributed by atoms with Crippen LogP contribution in [0.4, 0.5) is 0 Å². The number of carbonyl (C=O) groups is 2. The fourth-order valence-corrected chi connectivity index (χ4v) is 1.58. The largest absolute Gasteiger partial charge is 0.480 e. The van der Waals surface area contributed by atoms with Crippen molar-refractivity contribution in [2.24, 2.45) is 0 Å². The SMILES string of the molecule is CC(Oc1ccccc1C#N)C(=O)N[C@@H](CCO)C(=O)O. The fraction of sp³-hybridized carbons (Fsp3) is 0.357. The molecular formula is C14H16N2O5. The monoisotopic (exact) mass is 292 g/mol. The molecule has 7 heteroatoms. The second-order valence-corrected chi connectivity index (χ2v) is 4.28. The zero-order chi connectivity index (χ0) is 15.8. The molecule has 0 radical (unpaired) electrons. The van der Waals surface area contributed by atoms with Crippen LogP contribution in [0.2, 0.25) is 0 Å². The maximum Gasteiger partial charge on any atom is 0.326 e. The van der Waals surface area contributed by atoms with Crippen molar-refractivity contribution in [3.05, 3.63) is 29.8 Å². The Bertz CT molecular complexity index is 553. The molecule has 1 aromatic carbocycles. The number of carboxylic acids is 1. The van der Waals surface area contributed by atoms with Gasteiger partial charge < -0.3 is 20.3 Å². The van der Waals surface area contributed by atoms with Gasteiger partial charge in [-0.3, -0.25) is 4.79 Å². The first kappa shape index (κ1) is 16.5. The van der Waals surface area contributed by atoms with Crippen molar-refractivity contribution in [3.8, 4) is 11.8 Å². The van der Waals surface area contributed by atoms with E-state index in [1.807, 2.05) is 6.07 Å². The smallest absolute Gasteiger partial charge is 0.326 e. The minimum Gasteiger partial charge on any atom is -0.480 e. The molecule has 0 heterocycles. The van der Waals surface area contributed by atoms with Crippen molar-refractivity contribution in [1.29, 1.82) is 5.26 Å². The van der Waals surface area contributed by atoms with Crippen LogP contribution in [0.15, 0.2) is 24.3 Å². The number of aliphatic carboxylic acids is 1. The standard InChI is InChI=1S/C14H16N2O5/c1-9(13(18)16-11(6-7-17)14(19)20)21-12-5-3-2-4-10(12)8-15/h2-5,9,11,17H,6-7H2,1H3,(H,16,18)(H,19,20)/t9?,11-/m0/s1. The lowest BCUT2D eigenvalue weighted by molar-refractivity contribution is -0.143. The highest BCUT2D eigenvalue weighted by molar-refractivity contribution is 5.86. The molecule has 0 fully saturated rings. The van der Waals surface area contributed by atoms with Crippen LogP contribution in [-0.2, 0) is 9.59 Å². The summed E-state index contributed by atoms with van der Waals surface area (Å²) < 4.78 is 5.37.